The summed E-state index contributed by atoms with van der Waals surface area (Å²) in [6, 6.07) is 22.6. The number of nitrogens with one attached hydrogen (secondary N) is 1. The molecule has 4 aliphatic rings. The Bertz CT molecular complexity index is 2230. The molecule has 3 aromatic carbocycles. The van der Waals surface area contributed by atoms with Crippen LogP contribution in [0.5, 0.6) is 11.5 Å². The Morgan fingerprint density at radius 1 is 0.909 bits per heavy atom. The van der Waals surface area contributed by atoms with Crippen molar-refractivity contribution in [1.82, 2.24) is 24.8 Å². The lowest BCUT2D eigenvalue weighted by atomic mass is 9.83. The summed E-state index contributed by atoms with van der Waals surface area (Å²) in [5.74, 6) is -1.83. The molecule has 13 nitrogen and oxygen atoms in total. The van der Waals surface area contributed by atoms with Crippen LogP contribution in [0.4, 0.5) is 5.82 Å². The Kier molecular flexibility index (Phi) is 8.87. The Morgan fingerprint density at radius 3 is 2.35 bits per heavy atom. The van der Waals surface area contributed by atoms with E-state index in [-0.39, 0.29) is 35.4 Å². The molecule has 0 bridgehead atoms. The monoisotopic (exact) mass is 742 g/mol. The van der Waals surface area contributed by atoms with E-state index < -0.39 is 42.0 Å². The van der Waals surface area contributed by atoms with Crippen molar-refractivity contribution in [3.05, 3.63) is 120 Å². The summed E-state index contributed by atoms with van der Waals surface area (Å²) >= 11 is 0. The first-order valence-electron chi connectivity index (χ1n) is 18.8. The molecule has 5 heterocycles. The molecule has 5 aromatic rings. The van der Waals surface area contributed by atoms with Gasteiger partial charge in [0.1, 0.15) is 30.2 Å². The normalized spacial score (nSPS) is 24.0. The van der Waals surface area contributed by atoms with Crippen LogP contribution in [0.2, 0.25) is 0 Å². The van der Waals surface area contributed by atoms with Gasteiger partial charge in [0.05, 0.1) is 11.9 Å². The van der Waals surface area contributed by atoms with Crippen molar-refractivity contribution in [2.75, 3.05) is 12.3 Å². The zero-order valence-electron chi connectivity index (χ0n) is 30.6. The molecule has 13 heteroatoms. The third-order valence-electron chi connectivity index (χ3n) is 10.8. The number of fused-ring (bicyclic) bond motifs is 3. The van der Waals surface area contributed by atoms with Crippen LogP contribution in [-0.4, -0.2) is 61.9 Å². The molecule has 0 spiro atoms. The summed E-state index contributed by atoms with van der Waals surface area (Å²) in [5.41, 5.74) is 9.19. The molecule has 3 aliphatic heterocycles. The van der Waals surface area contributed by atoms with Gasteiger partial charge in [0, 0.05) is 29.2 Å². The third kappa shape index (κ3) is 6.31. The molecule has 1 aliphatic carbocycles. The van der Waals surface area contributed by atoms with E-state index in [1.807, 2.05) is 86.7 Å². The highest BCUT2D eigenvalue weighted by molar-refractivity contribution is 6.04. The fourth-order valence-electron chi connectivity index (χ4n) is 8.22. The number of nitrogens with zero attached hydrogens (tertiary/aromatic N) is 4. The van der Waals surface area contributed by atoms with Gasteiger partial charge in [-0.05, 0) is 38.8 Å². The molecule has 0 radical (unpaired) electrons. The van der Waals surface area contributed by atoms with E-state index in [1.165, 1.54) is 6.33 Å². The van der Waals surface area contributed by atoms with Crippen molar-refractivity contribution in [2.24, 2.45) is 5.92 Å². The van der Waals surface area contributed by atoms with Crippen LogP contribution >= 0.6 is 0 Å². The van der Waals surface area contributed by atoms with Gasteiger partial charge >= 0.3 is 5.79 Å². The zero-order valence-corrected chi connectivity index (χ0v) is 30.6. The van der Waals surface area contributed by atoms with E-state index in [0.717, 1.165) is 43.2 Å². The van der Waals surface area contributed by atoms with Crippen molar-refractivity contribution in [2.45, 2.75) is 82.1 Å². The topological polar surface area (TPSA) is 162 Å². The number of nitrogen functional groups attached to an aromatic ring is 1. The van der Waals surface area contributed by atoms with Crippen LogP contribution in [0.3, 0.4) is 0 Å². The van der Waals surface area contributed by atoms with Gasteiger partial charge in [0.25, 0.3) is 5.91 Å². The molecule has 55 heavy (non-hydrogen) atoms. The van der Waals surface area contributed by atoms with E-state index in [9.17, 15) is 9.59 Å². The SMILES string of the molecule is CC1(C)OC2C(O1)[C@@H](/C=C/CNC(=O)c1cc(C(=O)C3CCCCC3)cc3c1OC(c1ccccc1)(c1ccccc1)O3)O[C@H]2n1cnc2c(N)ncnc21. The summed E-state index contributed by atoms with van der Waals surface area (Å²) in [7, 11) is 0. The Labute approximate surface area is 317 Å². The van der Waals surface area contributed by atoms with Crippen LogP contribution in [0.15, 0.2) is 97.6 Å². The number of ketones is 1. The van der Waals surface area contributed by atoms with Crippen LogP contribution in [-0.2, 0) is 20.0 Å². The first kappa shape index (κ1) is 35.1. The molecule has 2 unspecified atom stereocenters. The van der Waals surface area contributed by atoms with Crippen LogP contribution in [0, 0.1) is 5.92 Å². The average molecular weight is 743 g/mol. The standard InChI is InChI=1S/C42H42N6O7/c1-41(2)53-35-30(51-40(36(35)54-41)48-24-47-32-37(43)45-23-46-38(32)48)19-12-20-44-39(50)29-21-26(33(49)25-13-6-3-7-14-25)22-31-34(29)55-42(52-31,27-15-8-4-9-16-27)28-17-10-5-11-18-28/h4-5,8-12,15-19,21-25,30,35-36,40H,3,6-7,13-14,20H2,1-2H3,(H,44,50)(H2,43,45,46)/b19-12+/t30-,35?,36?,40-/m1/s1. The maximum Gasteiger partial charge on any atom is 0.305 e. The summed E-state index contributed by atoms with van der Waals surface area (Å²) in [6.07, 6.45) is 9.44. The molecule has 4 atom stereocenters. The number of hydrogen-bond acceptors (Lipinski definition) is 11. The van der Waals surface area contributed by atoms with Gasteiger partial charge in [-0.15, -0.1) is 0 Å². The fraction of sp³-hybridized carbons (Fsp3) is 0.357. The number of aromatic nitrogens is 4. The van der Waals surface area contributed by atoms with E-state index in [4.69, 9.17) is 29.4 Å². The summed E-state index contributed by atoms with van der Waals surface area (Å²) in [4.78, 5) is 40.9. The second-order valence-corrected chi connectivity index (χ2v) is 14.9. The minimum absolute atomic E-state index is 0.0148. The van der Waals surface area contributed by atoms with Crippen LogP contribution < -0.4 is 20.5 Å². The molecular formula is C42H42N6O7. The van der Waals surface area contributed by atoms with Crippen molar-refractivity contribution in [1.29, 1.82) is 0 Å². The van der Waals surface area contributed by atoms with Gasteiger partial charge in [-0.3, -0.25) is 14.2 Å². The highest BCUT2D eigenvalue weighted by Gasteiger charge is 2.55. The summed E-state index contributed by atoms with van der Waals surface area (Å²) in [5, 5.41) is 3.00. The maximum atomic E-state index is 14.2. The summed E-state index contributed by atoms with van der Waals surface area (Å²) in [6.45, 7) is 3.87. The molecular weight excluding hydrogens is 700 g/mol. The lowest BCUT2D eigenvalue weighted by Gasteiger charge is -2.28. The molecule has 9 rings (SSSR count). The Balaban J connectivity index is 0.990. The van der Waals surface area contributed by atoms with Crippen LogP contribution in [0.1, 0.15) is 84.0 Å². The van der Waals surface area contributed by atoms with E-state index >= 15 is 0 Å². The number of Topliss-reactive ketones (excluding diaryl/α,β-unsaturated/α-hetero) is 1. The van der Waals surface area contributed by atoms with Gasteiger partial charge in [0.15, 0.2) is 40.8 Å². The van der Waals surface area contributed by atoms with Crippen molar-refractivity contribution < 1.29 is 33.3 Å². The molecule has 3 N–H and O–H groups in total. The van der Waals surface area contributed by atoms with E-state index in [0.29, 0.717) is 22.5 Å². The number of anilines is 1. The molecule has 1 amide bonds. The van der Waals surface area contributed by atoms with Gasteiger partial charge in [-0.2, -0.15) is 0 Å². The minimum atomic E-state index is -1.37. The first-order valence-corrected chi connectivity index (χ1v) is 18.8. The van der Waals surface area contributed by atoms with Gasteiger partial charge in [-0.25, -0.2) is 15.0 Å². The molecule has 282 valence electrons. The van der Waals surface area contributed by atoms with E-state index in [1.54, 1.807) is 23.0 Å². The van der Waals surface area contributed by atoms with Gasteiger partial charge < -0.3 is 34.7 Å². The number of carbonyl (C=O) groups excluding carboxylic acids is 2. The lowest BCUT2D eigenvalue weighted by molar-refractivity contribution is -0.191. The number of nitrogens with two attached hydrogens (primary N) is 1. The predicted molar refractivity (Wildman–Crippen MR) is 201 cm³/mol. The minimum Gasteiger partial charge on any atom is -0.440 e. The highest BCUT2D eigenvalue weighted by Crippen LogP contribution is 2.50. The molecule has 3 fully saturated rings. The smallest absolute Gasteiger partial charge is 0.305 e. The number of amides is 1. The third-order valence-corrected chi connectivity index (χ3v) is 10.8. The number of ether oxygens (including phenoxy) is 5. The lowest BCUT2D eigenvalue weighted by Crippen LogP contribution is -2.37. The predicted octanol–water partition coefficient (Wildman–Crippen LogP) is 6.25. The first-order chi connectivity index (χ1) is 26.7. The number of carbonyl (C=O) groups is 2. The molecule has 2 saturated heterocycles. The van der Waals surface area contributed by atoms with E-state index in [2.05, 4.69) is 20.3 Å². The number of rotatable bonds is 9. The fourth-order valence-corrected chi connectivity index (χ4v) is 8.22. The maximum absolute atomic E-state index is 14.2. The average Bonchev–Trinajstić information content (AvgIpc) is 3.98. The Morgan fingerprint density at radius 2 is 1.62 bits per heavy atom. The van der Waals surface area contributed by atoms with Gasteiger partial charge in [-0.1, -0.05) is 92.1 Å². The van der Waals surface area contributed by atoms with Crippen molar-refractivity contribution in [3.63, 3.8) is 0 Å². The Hall–Kier alpha value is -5.63. The quantitative estimate of drug-likeness (QED) is 0.130. The number of benzene rings is 3. The largest absolute Gasteiger partial charge is 0.440 e. The highest BCUT2D eigenvalue weighted by atomic mass is 16.8. The zero-order chi connectivity index (χ0) is 37.7. The van der Waals surface area contributed by atoms with Crippen LogP contribution in [0.25, 0.3) is 11.2 Å². The second kappa shape index (κ2) is 13.9. The second-order valence-electron chi connectivity index (χ2n) is 14.9. The number of imidazole rings is 1. The van der Waals surface area contributed by atoms with Crippen molar-refractivity contribution >= 4 is 28.7 Å². The summed E-state index contributed by atoms with van der Waals surface area (Å²) < 4.78 is 34.3. The van der Waals surface area contributed by atoms with Crippen molar-refractivity contribution in [3.8, 4) is 11.5 Å². The van der Waals surface area contributed by atoms with Gasteiger partial charge in [0.2, 0.25) is 0 Å². The number of hydrogen-bond donors (Lipinski definition) is 2. The molecule has 2 aromatic heterocycles. The molecule has 1 saturated carbocycles.